The molecule has 0 saturated carbocycles. The second-order valence-corrected chi connectivity index (χ2v) is 5.86. The first kappa shape index (κ1) is 14.8. The van der Waals surface area contributed by atoms with Crippen molar-refractivity contribution in [3.63, 3.8) is 0 Å². The van der Waals surface area contributed by atoms with E-state index >= 15 is 0 Å². The lowest BCUT2D eigenvalue weighted by Crippen LogP contribution is -2.00. The molecule has 3 heterocycles. The van der Waals surface area contributed by atoms with E-state index in [1.54, 1.807) is 18.6 Å². The first-order valence-electron chi connectivity index (χ1n) is 6.55. The number of nitrogens with two attached hydrogens (primary N) is 1. The Bertz CT molecular complexity index is 837. The molecule has 2 N–H and O–H groups in total. The molecule has 0 saturated heterocycles. The number of anilines is 1. The maximum absolute atomic E-state index is 13.9. The molecule has 110 valence electrons. The summed E-state index contributed by atoms with van der Waals surface area (Å²) in [4.78, 5) is 12.5. The second-order valence-electron chi connectivity index (χ2n) is 4.78. The van der Waals surface area contributed by atoms with E-state index in [0.29, 0.717) is 14.8 Å². The summed E-state index contributed by atoms with van der Waals surface area (Å²) in [5, 5.41) is 0. The van der Waals surface area contributed by atoms with Crippen LogP contribution in [0.4, 0.5) is 10.1 Å². The van der Waals surface area contributed by atoms with Crippen LogP contribution in [0, 0.1) is 16.3 Å². The lowest BCUT2D eigenvalue weighted by Gasteiger charge is -2.12. The minimum atomic E-state index is -0.361. The minimum absolute atomic E-state index is 0.361. The summed E-state index contributed by atoms with van der Waals surface area (Å²) in [6, 6.07) is 5.60. The Balaban J connectivity index is 2.22. The Kier molecular flexibility index (Phi) is 4.02. The van der Waals surface area contributed by atoms with Gasteiger partial charge in [-0.15, -0.1) is 0 Å². The van der Waals surface area contributed by atoms with Crippen molar-refractivity contribution in [2.24, 2.45) is 0 Å². The zero-order chi connectivity index (χ0) is 15.7. The van der Waals surface area contributed by atoms with E-state index in [2.05, 4.69) is 15.0 Å². The van der Waals surface area contributed by atoms with Gasteiger partial charge >= 0.3 is 0 Å². The molecule has 0 aliphatic carbocycles. The number of hydrogen-bond donors (Lipinski definition) is 1. The number of nitrogen functional groups attached to an aromatic ring is 1. The van der Waals surface area contributed by atoms with Gasteiger partial charge in [0.05, 0.1) is 27.3 Å². The highest BCUT2D eigenvalue weighted by Crippen LogP contribution is 2.34. The monoisotopic (exact) mass is 406 g/mol. The molecule has 0 aliphatic rings. The van der Waals surface area contributed by atoms with Crippen LogP contribution in [0.1, 0.15) is 5.69 Å². The molecule has 3 aromatic rings. The molecular formula is C16H12FIN4. The molecule has 3 rings (SSSR count). The van der Waals surface area contributed by atoms with Gasteiger partial charge in [-0.3, -0.25) is 15.0 Å². The molecule has 6 heteroatoms. The van der Waals surface area contributed by atoms with Crippen molar-refractivity contribution in [2.45, 2.75) is 6.92 Å². The third-order valence-electron chi connectivity index (χ3n) is 3.32. The Morgan fingerprint density at radius 1 is 1.18 bits per heavy atom. The summed E-state index contributed by atoms with van der Waals surface area (Å²) >= 11 is 1.97. The van der Waals surface area contributed by atoms with Gasteiger partial charge in [-0.1, -0.05) is 0 Å². The van der Waals surface area contributed by atoms with E-state index in [1.165, 1.54) is 6.20 Å². The van der Waals surface area contributed by atoms with E-state index < -0.39 is 0 Å². The molecular weight excluding hydrogens is 394 g/mol. The summed E-state index contributed by atoms with van der Waals surface area (Å²) in [6.45, 7) is 1.83. The highest BCUT2D eigenvalue weighted by atomic mass is 127. The summed E-state index contributed by atoms with van der Waals surface area (Å²) in [5.41, 5.74) is 10.3. The number of aromatic nitrogens is 3. The van der Waals surface area contributed by atoms with E-state index in [4.69, 9.17) is 5.73 Å². The van der Waals surface area contributed by atoms with Gasteiger partial charge < -0.3 is 5.73 Å². The van der Waals surface area contributed by atoms with Crippen LogP contribution in [0.2, 0.25) is 0 Å². The molecule has 0 bridgehead atoms. The van der Waals surface area contributed by atoms with Crippen LogP contribution < -0.4 is 5.73 Å². The molecule has 0 fully saturated rings. The van der Waals surface area contributed by atoms with E-state index in [-0.39, 0.29) is 5.82 Å². The molecule has 0 aliphatic heterocycles. The Morgan fingerprint density at radius 3 is 2.73 bits per heavy atom. The standard InChI is InChI=1S/C16H12FIN4/c1-9-15(16(18)12(17)7-21-9)11-5-14(22-8-13(11)19)10-3-2-4-20-6-10/h2-8H,19H2,1H3. The number of halogens is 2. The summed E-state index contributed by atoms with van der Waals surface area (Å²) in [5.74, 6) is -0.361. The van der Waals surface area contributed by atoms with Crippen LogP contribution in [0.5, 0.6) is 0 Å². The van der Waals surface area contributed by atoms with Gasteiger partial charge in [-0.2, -0.15) is 0 Å². The molecule has 0 atom stereocenters. The van der Waals surface area contributed by atoms with E-state index in [9.17, 15) is 4.39 Å². The van der Waals surface area contributed by atoms with Crippen molar-refractivity contribution in [3.8, 4) is 22.4 Å². The van der Waals surface area contributed by atoms with E-state index in [1.807, 2.05) is 47.7 Å². The average molecular weight is 406 g/mol. The Labute approximate surface area is 140 Å². The average Bonchev–Trinajstić information content (AvgIpc) is 2.54. The van der Waals surface area contributed by atoms with Crippen molar-refractivity contribution < 1.29 is 4.39 Å². The van der Waals surface area contributed by atoms with Gasteiger partial charge in [-0.05, 0) is 47.7 Å². The first-order chi connectivity index (χ1) is 10.6. The van der Waals surface area contributed by atoms with Gasteiger partial charge in [0.15, 0.2) is 5.82 Å². The van der Waals surface area contributed by atoms with Crippen molar-refractivity contribution in [1.82, 2.24) is 15.0 Å². The van der Waals surface area contributed by atoms with Crippen molar-refractivity contribution in [3.05, 3.63) is 58.1 Å². The molecule has 0 amide bonds. The SMILES string of the molecule is Cc1ncc(F)c(I)c1-c1cc(-c2cccnc2)ncc1N. The molecule has 3 aromatic heterocycles. The van der Waals surface area contributed by atoms with Crippen LogP contribution in [0.25, 0.3) is 22.4 Å². The zero-order valence-electron chi connectivity index (χ0n) is 11.7. The Morgan fingerprint density at radius 2 is 2.00 bits per heavy atom. The lowest BCUT2D eigenvalue weighted by atomic mass is 10.0. The summed E-state index contributed by atoms with van der Waals surface area (Å²) in [6.07, 6.45) is 6.23. The van der Waals surface area contributed by atoms with Crippen molar-refractivity contribution >= 4 is 28.3 Å². The molecule has 0 unspecified atom stereocenters. The third-order valence-corrected chi connectivity index (χ3v) is 4.38. The summed E-state index contributed by atoms with van der Waals surface area (Å²) < 4.78 is 14.4. The van der Waals surface area contributed by atoms with Gasteiger partial charge in [-0.25, -0.2) is 4.39 Å². The summed E-state index contributed by atoms with van der Waals surface area (Å²) in [7, 11) is 0. The van der Waals surface area contributed by atoms with Crippen molar-refractivity contribution in [1.29, 1.82) is 0 Å². The maximum atomic E-state index is 13.9. The topological polar surface area (TPSA) is 64.7 Å². The van der Waals surface area contributed by atoms with Crippen LogP contribution in [0.15, 0.2) is 43.0 Å². The molecule has 0 radical (unpaired) electrons. The molecule has 22 heavy (non-hydrogen) atoms. The largest absolute Gasteiger partial charge is 0.397 e. The predicted molar refractivity (Wildman–Crippen MR) is 92.5 cm³/mol. The Hall–Kier alpha value is -2.09. The fraction of sp³-hybridized carbons (Fsp3) is 0.0625. The number of nitrogens with zero attached hydrogens (tertiary/aromatic N) is 3. The number of aryl methyl sites for hydroxylation is 1. The minimum Gasteiger partial charge on any atom is -0.397 e. The highest BCUT2D eigenvalue weighted by Gasteiger charge is 2.16. The van der Waals surface area contributed by atoms with Crippen LogP contribution in [-0.2, 0) is 0 Å². The maximum Gasteiger partial charge on any atom is 0.155 e. The predicted octanol–water partition coefficient (Wildman–Crippen LogP) is 3.84. The first-order valence-corrected chi connectivity index (χ1v) is 7.62. The van der Waals surface area contributed by atoms with Crippen LogP contribution in [-0.4, -0.2) is 15.0 Å². The smallest absolute Gasteiger partial charge is 0.155 e. The van der Waals surface area contributed by atoms with Crippen LogP contribution >= 0.6 is 22.6 Å². The number of rotatable bonds is 2. The second kappa shape index (κ2) is 5.96. The fourth-order valence-corrected chi connectivity index (χ4v) is 3.04. The van der Waals surface area contributed by atoms with Gasteiger partial charge in [0.2, 0.25) is 0 Å². The fourth-order valence-electron chi connectivity index (χ4n) is 2.22. The van der Waals surface area contributed by atoms with E-state index in [0.717, 1.165) is 22.5 Å². The highest BCUT2D eigenvalue weighted by molar-refractivity contribution is 14.1. The quantitative estimate of drug-likeness (QED) is 0.657. The molecule has 4 nitrogen and oxygen atoms in total. The van der Waals surface area contributed by atoms with Gasteiger partial charge in [0.1, 0.15) is 0 Å². The van der Waals surface area contributed by atoms with Gasteiger partial charge in [0, 0.05) is 34.8 Å². The number of hydrogen-bond acceptors (Lipinski definition) is 4. The molecule has 0 spiro atoms. The molecule has 0 aromatic carbocycles. The number of pyridine rings is 3. The third kappa shape index (κ3) is 2.66. The normalized spacial score (nSPS) is 10.7. The zero-order valence-corrected chi connectivity index (χ0v) is 13.9. The van der Waals surface area contributed by atoms with Crippen LogP contribution in [0.3, 0.4) is 0 Å². The van der Waals surface area contributed by atoms with Gasteiger partial charge in [0.25, 0.3) is 0 Å². The lowest BCUT2D eigenvalue weighted by molar-refractivity contribution is 0.613. The van der Waals surface area contributed by atoms with Crippen molar-refractivity contribution in [2.75, 3.05) is 5.73 Å².